The van der Waals surface area contributed by atoms with E-state index in [0.29, 0.717) is 42.3 Å². The number of ether oxygens (including phenoxy) is 4. The Kier molecular flexibility index (Phi) is 13.1. The molecule has 0 aliphatic heterocycles. The van der Waals surface area contributed by atoms with E-state index in [1.807, 2.05) is 37.4 Å². The van der Waals surface area contributed by atoms with Gasteiger partial charge < -0.3 is 38.9 Å². The lowest BCUT2D eigenvalue weighted by atomic mass is 10.1. The number of Topliss-reactive ketones (excluding diaryl/α,β-unsaturated/α-hetero) is 1. The second-order valence-corrected chi connectivity index (χ2v) is 7.49. The third-order valence-corrected chi connectivity index (χ3v) is 4.93. The number of nitrogens with one attached hydrogen (secondary N) is 1. The van der Waals surface area contributed by atoms with Gasteiger partial charge in [0.25, 0.3) is 0 Å². The normalized spacial score (nSPS) is 10.8. The third-order valence-electron chi connectivity index (χ3n) is 4.93. The van der Waals surface area contributed by atoms with Crippen molar-refractivity contribution in [2.75, 3.05) is 48.1 Å². The van der Waals surface area contributed by atoms with E-state index >= 15 is 0 Å². The summed E-state index contributed by atoms with van der Waals surface area (Å²) in [5.41, 5.74) is 1.07. The van der Waals surface area contributed by atoms with Crippen LogP contribution in [0.3, 0.4) is 0 Å². The first kappa shape index (κ1) is 29.9. The minimum absolute atomic E-state index is 0.142. The van der Waals surface area contributed by atoms with Crippen LogP contribution in [-0.2, 0) is 14.3 Å². The zero-order valence-corrected chi connectivity index (χ0v) is 20.7. The van der Waals surface area contributed by atoms with Gasteiger partial charge in [0.15, 0.2) is 23.3 Å². The maximum atomic E-state index is 12.4. The van der Waals surface area contributed by atoms with Crippen molar-refractivity contribution >= 4 is 23.7 Å². The Morgan fingerprint density at radius 1 is 0.889 bits per heavy atom. The van der Waals surface area contributed by atoms with Gasteiger partial charge in [-0.05, 0) is 12.1 Å². The summed E-state index contributed by atoms with van der Waals surface area (Å²) >= 11 is 0. The van der Waals surface area contributed by atoms with Gasteiger partial charge in [-0.15, -0.1) is 0 Å². The predicted octanol–water partition coefficient (Wildman–Crippen LogP) is -0.132. The van der Waals surface area contributed by atoms with E-state index in [-0.39, 0.29) is 5.78 Å². The minimum atomic E-state index is -2.07. The first-order valence-corrected chi connectivity index (χ1v) is 11.0. The van der Waals surface area contributed by atoms with Crippen molar-refractivity contribution in [3.05, 3.63) is 53.6 Å². The van der Waals surface area contributed by atoms with E-state index in [1.165, 1.54) is 26.2 Å². The lowest BCUT2D eigenvalue weighted by Crippen LogP contribution is -3.09. The fourth-order valence-corrected chi connectivity index (χ4v) is 3.04. The van der Waals surface area contributed by atoms with Crippen LogP contribution >= 0.6 is 0 Å². The molecule has 0 saturated heterocycles. The van der Waals surface area contributed by atoms with Gasteiger partial charge in [0, 0.05) is 12.0 Å². The summed E-state index contributed by atoms with van der Waals surface area (Å²) in [7, 11) is 6.52. The summed E-state index contributed by atoms with van der Waals surface area (Å²) in [5.74, 6) is -3.10. The van der Waals surface area contributed by atoms with Crippen LogP contribution in [0.2, 0.25) is 0 Å². The quantitative estimate of drug-likeness (QED) is 0.173. The van der Waals surface area contributed by atoms with Crippen molar-refractivity contribution in [1.29, 1.82) is 0 Å². The summed E-state index contributed by atoms with van der Waals surface area (Å²) in [6.45, 7) is 1.82. The molecule has 0 radical (unpaired) electrons. The van der Waals surface area contributed by atoms with Crippen LogP contribution in [0.4, 0.5) is 0 Å². The summed E-state index contributed by atoms with van der Waals surface area (Å²) in [5, 5.41) is 16.3. The summed E-state index contributed by atoms with van der Waals surface area (Å²) in [6, 6.07) is 12.4. The number of methoxy groups -OCH3 is 3. The molecule has 0 fully saturated rings. The average molecular weight is 506 g/mol. The zero-order chi connectivity index (χ0) is 27.1. The van der Waals surface area contributed by atoms with Crippen LogP contribution in [0.15, 0.2) is 42.5 Å². The summed E-state index contributed by atoms with van der Waals surface area (Å²) in [4.78, 5) is 43.8. The highest BCUT2D eigenvalue weighted by atomic mass is 16.5. The van der Waals surface area contributed by atoms with Gasteiger partial charge >= 0.3 is 11.9 Å². The molecule has 0 heterocycles. The number of esters is 1. The molecule has 196 valence electrons. The Balaban J connectivity index is 0.000000960. The molecule has 2 N–H and O–H groups in total. The van der Waals surface area contributed by atoms with Crippen molar-refractivity contribution in [3.63, 3.8) is 0 Å². The van der Waals surface area contributed by atoms with Gasteiger partial charge in [0.05, 0.1) is 60.1 Å². The highest BCUT2D eigenvalue weighted by Gasteiger charge is 2.18. The maximum Gasteiger partial charge on any atom is 0.351 e. The van der Waals surface area contributed by atoms with Gasteiger partial charge in [-0.1, -0.05) is 30.3 Å². The van der Waals surface area contributed by atoms with Crippen molar-refractivity contribution in [1.82, 2.24) is 0 Å². The topological polar surface area (TPSA) is 153 Å². The molecule has 2 aromatic rings. The van der Waals surface area contributed by atoms with E-state index in [9.17, 15) is 9.59 Å². The van der Waals surface area contributed by atoms with Crippen LogP contribution in [-0.4, -0.2) is 76.9 Å². The molecule has 0 bridgehead atoms. The Morgan fingerprint density at radius 2 is 1.44 bits per heavy atom. The molecule has 0 amide bonds. The molecule has 1 unspecified atom stereocenters. The van der Waals surface area contributed by atoms with Gasteiger partial charge in [0.1, 0.15) is 0 Å². The number of benzene rings is 2. The Bertz CT molecular complexity index is 986. The standard InChI is InChI=1S/C23H29NO6.C2H2O4/c1-24(13-11-19(25)17-9-6-5-7-10-17)12-8-14-30-23(26)18-15-20(27-2)22(29-4)21(16-18)28-3;3-1(4)2(5)6/h5-7,9-10,15-16H,8,11-14H2,1-4H3;(H,3,4)(H,5,6). The number of aliphatic carboxylic acids is 2. The molecule has 2 aromatic carbocycles. The molecule has 0 aromatic heterocycles. The first-order valence-electron chi connectivity index (χ1n) is 11.0. The fourth-order valence-electron chi connectivity index (χ4n) is 3.04. The van der Waals surface area contributed by atoms with Crippen LogP contribution in [0.1, 0.15) is 33.6 Å². The number of hydrogen-bond acceptors (Lipinski definition) is 9. The molecule has 11 heteroatoms. The van der Waals surface area contributed by atoms with E-state index in [2.05, 4.69) is 0 Å². The molecule has 0 spiro atoms. The van der Waals surface area contributed by atoms with E-state index in [1.54, 1.807) is 12.1 Å². The third kappa shape index (κ3) is 10.0. The van der Waals surface area contributed by atoms with Crippen molar-refractivity contribution < 1.29 is 53.2 Å². The Morgan fingerprint density at radius 3 is 1.92 bits per heavy atom. The second-order valence-electron chi connectivity index (χ2n) is 7.49. The minimum Gasteiger partial charge on any atom is -0.539 e. The SMILES string of the molecule is COc1cc(C(=O)OCCC[NH+](C)CCC(=O)c2ccccc2)cc(OC)c1OC.O=C([O-])C(=O)O. The van der Waals surface area contributed by atoms with Gasteiger partial charge in [-0.3, -0.25) is 4.79 Å². The van der Waals surface area contributed by atoms with Crippen molar-refractivity contribution in [2.24, 2.45) is 0 Å². The number of ketones is 1. The first-order chi connectivity index (χ1) is 17.1. The van der Waals surface area contributed by atoms with Crippen molar-refractivity contribution in [3.8, 4) is 17.2 Å². The van der Waals surface area contributed by atoms with E-state index < -0.39 is 17.9 Å². The van der Waals surface area contributed by atoms with E-state index in [4.69, 9.17) is 38.7 Å². The van der Waals surface area contributed by atoms with Crippen molar-refractivity contribution in [2.45, 2.75) is 12.8 Å². The number of carboxylic acid groups (broad SMARTS) is 2. The predicted molar refractivity (Wildman–Crippen MR) is 126 cm³/mol. The van der Waals surface area contributed by atoms with Gasteiger partial charge in [-0.2, -0.15) is 0 Å². The smallest absolute Gasteiger partial charge is 0.351 e. The molecule has 0 saturated carbocycles. The number of carbonyl (C=O) groups excluding carboxylic acids is 3. The highest BCUT2D eigenvalue weighted by Crippen LogP contribution is 2.38. The second kappa shape index (κ2) is 15.7. The largest absolute Gasteiger partial charge is 0.539 e. The average Bonchev–Trinajstić information content (AvgIpc) is 2.89. The number of hydrogen-bond donors (Lipinski definition) is 2. The van der Waals surface area contributed by atoms with E-state index in [0.717, 1.165) is 18.7 Å². The molecule has 0 aliphatic carbocycles. The highest BCUT2D eigenvalue weighted by molar-refractivity contribution is 6.26. The monoisotopic (exact) mass is 505 g/mol. The fraction of sp³-hybridized carbons (Fsp3) is 0.360. The molecule has 2 rings (SSSR count). The summed E-state index contributed by atoms with van der Waals surface area (Å²) < 4.78 is 21.2. The molecule has 36 heavy (non-hydrogen) atoms. The maximum absolute atomic E-state index is 12.4. The number of rotatable bonds is 12. The molecule has 0 aliphatic rings. The van der Waals surface area contributed by atoms with Crippen LogP contribution in [0.25, 0.3) is 0 Å². The number of carboxylic acids is 2. The zero-order valence-electron chi connectivity index (χ0n) is 20.7. The van der Waals surface area contributed by atoms with Gasteiger partial charge in [0.2, 0.25) is 5.75 Å². The lowest BCUT2D eigenvalue weighted by molar-refractivity contribution is -0.879. The lowest BCUT2D eigenvalue weighted by Gasteiger charge is -2.15. The summed E-state index contributed by atoms with van der Waals surface area (Å²) in [6.07, 6.45) is 1.18. The molecular weight excluding hydrogens is 474 g/mol. The Hall–Kier alpha value is -4.12. The number of carbonyl (C=O) groups is 4. The molecular formula is C25H31NO10. The number of quaternary nitrogens is 1. The Labute approximate surface area is 209 Å². The molecule has 1 atom stereocenters. The van der Waals surface area contributed by atoms with Gasteiger partial charge in [-0.25, -0.2) is 9.59 Å². The molecule has 11 nitrogen and oxygen atoms in total. The van der Waals surface area contributed by atoms with Crippen LogP contribution in [0.5, 0.6) is 17.2 Å². The van der Waals surface area contributed by atoms with Crippen LogP contribution < -0.4 is 24.2 Å². The van der Waals surface area contributed by atoms with Crippen LogP contribution in [0, 0.1) is 0 Å².